The van der Waals surface area contributed by atoms with Crippen molar-refractivity contribution in [3.8, 4) is 28.4 Å². The van der Waals surface area contributed by atoms with E-state index < -0.39 is 16.9 Å². The van der Waals surface area contributed by atoms with Crippen LogP contribution in [-0.2, 0) is 9.53 Å². The minimum Gasteiger partial charge on any atom is -0.497 e. The number of benzene rings is 3. The lowest BCUT2D eigenvalue weighted by Crippen LogP contribution is -2.39. The first-order chi connectivity index (χ1) is 23.2. The lowest BCUT2D eigenvalue weighted by molar-refractivity contribution is -0.385. The molecule has 0 saturated carbocycles. The zero-order valence-electron chi connectivity index (χ0n) is 26.2. The smallest absolute Gasteiger partial charge is 0.338 e. The van der Waals surface area contributed by atoms with Crippen molar-refractivity contribution < 1.29 is 23.9 Å². The van der Waals surface area contributed by atoms with Gasteiger partial charge in [0.1, 0.15) is 18.1 Å². The van der Waals surface area contributed by atoms with Crippen molar-refractivity contribution in [1.29, 1.82) is 0 Å². The summed E-state index contributed by atoms with van der Waals surface area (Å²) in [6, 6.07) is 20.2. The topological polar surface area (TPSA) is 140 Å². The van der Waals surface area contributed by atoms with Crippen LogP contribution in [0.25, 0.3) is 23.0 Å². The molecular formula is C35H29N5O7S. The number of nitrogens with zero attached hydrogens (tertiary/aromatic N) is 5. The Morgan fingerprint density at radius 3 is 2.50 bits per heavy atom. The van der Waals surface area contributed by atoms with E-state index in [2.05, 4.69) is 11.6 Å². The fourth-order valence-electron chi connectivity index (χ4n) is 5.45. The van der Waals surface area contributed by atoms with Gasteiger partial charge in [0.25, 0.3) is 5.56 Å². The maximum atomic E-state index is 14.3. The molecule has 1 atom stereocenters. The van der Waals surface area contributed by atoms with Crippen LogP contribution in [0, 0.1) is 10.1 Å². The van der Waals surface area contributed by atoms with Crippen molar-refractivity contribution in [1.82, 2.24) is 14.3 Å². The molecule has 0 fully saturated rings. The van der Waals surface area contributed by atoms with Crippen molar-refractivity contribution in [2.75, 3.05) is 20.8 Å². The first kappa shape index (κ1) is 31.9. The second kappa shape index (κ2) is 13.3. The molecule has 0 amide bonds. The van der Waals surface area contributed by atoms with Gasteiger partial charge in [0.2, 0.25) is 0 Å². The van der Waals surface area contributed by atoms with Crippen LogP contribution in [0.2, 0.25) is 0 Å². The Kier molecular flexibility index (Phi) is 8.86. The Balaban J connectivity index is 1.56. The average molecular weight is 664 g/mol. The van der Waals surface area contributed by atoms with Crippen LogP contribution >= 0.6 is 11.3 Å². The Bertz CT molecular complexity index is 2270. The molecule has 48 heavy (non-hydrogen) atoms. The number of carbonyl (C=O) groups is 1. The molecule has 13 heteroatoms. The van der Waals surface area contributed by atoms with Crippen LogP contribution in [0.1, 0.15) is 24.1 Å². The maximum absolute atomic E-state index is 14.3. The summed E-state index contributed by atoms with van der Waals surface area (Å²) < 4.78 is 19.4. The largest absolute Gasteiger partial charge is 0.497 e. The Hall–Kier alpha value is -6.08. The van der Waals surface area contributed by atoms with E-state index in [0.29, 0.717) is 43.2 Å². The summed E-state index contributed by atoms with van der Waals surface area (Å²) in [6.07, 6.45) is 4.90. The number of nitro groups is 1. The summed E-state index contributed by atoms with van der Waals surface area (Å²) in [4.78, 5) is 44.0. The number of aromatic nitrogens is 3. The summed E-state index contributed by atoms with van der Waals surface area (Å²) in [5.74, 6) is 0.112. The predicted molar refractivity (Wildman–Crippen MR) is 180 cm³/mol. The van der Waals surface area contributed by atoms with E-state index in [-0.39, 0.29) is 29.2 Å². The van der Waals surface area contributed by atoms with Gasteiger partial charge in [0.05, 0.1) is 46.7 Å². The van der Waals surface area contributed by atoms with E-state index in [0.717, 1.165) is 17.0 Å². The second-order valence-electron chi connectivity index (χ2n) is 10.6. The zero-order chi connectivity index (χ0) is 33.9. The molecule has 3 aromatic carbocycles. The average Bonchev–Trinajstić information content (AvgIpc) is 3.66. The number of hydrogen-bond acceptors (Lipinski definition) is 10. The second-order valence-corrected chi connectivity index (χ2v) is 11.6. The number of carbonyl (C=O) groups excluding carboxylic acids is 1. The van der Waals surface area contributed by atoms with Gasteiger partial charge in [0.15, 0.2) is 10.6 Å². The van der Waals surface area contributed by atoms with Crippen molar-refractivity contribution >= 4 is 29.1 Å². The van der Waals surface area contributed by atoms with Crippen LogP contribution in [0.15, 0.2) is 113 Å². The van der Waals surface area contributed by atoms with Gasteiger partial charge in [-0.2, -0.15) is 5.10 Å². The maximum Gasteiger partial charge on any atom is 0.338 e. The lowest BCUT2D eigenvalue weighted by Gasteiger charge is -2.24. The zero-order valence-corrected chi connectivity index (χ0v) is 27.0. The number of ether oxygens (including phenoxy) is 3. The van der Waals surface area contributed by atoms with Gasteiger partial charge < -0.3 is 14.2 Å². The highest BCUT2D eigenvalue weighted by Crippen LogP contribution is 2.34. The number of esters is 1. The van der Waals surface area contributed by atoms with Crippen molar-refractivity contribution in [2.45, 2.75) is 13.0 Å². The Morgan fingerprint density at radius 1 is 1.08 bits per heavy atom. The number of methoxy groups -OCH3 is 2. The third-order valence-corrected chi connectivity index (χ3v) is 8.69. The van der Waals surface area contributed by atoms with E-state index >= 15 is 0 Å². The molecule has 242 valence electrons. The summed E-state index contributed by atoms with van der Waals surface area (Å²) in [5, 5.41) is 16.6. The van der Waals surface area contributed by atoms with Gasteiger partial charge in [-0.05, 0) is 55.0 Å². The first-order valence-corrected chi connectivity index (χ1v) is 15.5. The standard InChI is InChI=1S/C35H29N5O7S/c1-5-17-47-34(42)30-21(2)36-35-39(32(30)22-11-14-26(45-3)15-12-22)33(41)29(48-35)19-24-20-38(25-9-7-6-8-10-25)37-31(24)23-13-16-28(46-4)27(18-23)40(43)44/h5-16,18-20,32H,1,17H2,2-4H3/b29-19-/t32-/m1/s1. The van der Waals surface area contributed by atoms with E-state index in [1.807, 2.05) is 30.3 Å². The number of fused-ring (bicyclic) bond motifs is 1. The van der Waals surface area contributed by atoms with E-state index in [1.165, 1.54) is 29.9 Å². The molecule has 0 spiro atoms. The molecule has 6 rings (SSSR count). The highest BCUT2D eigenvalue weighted by atomic mass is 32.1. The van der Waals surface area contributed by atoms with Crippen molar-refractivity contribution in [3.05, 3.63) is 144 Å². The Labute approximate surface area is 277 Å². The van der Waals surface area contributed by atoms with Gasteiger partial charge in [-0.3, -0.25) is 19.5 Å². The molecule has 1 aliphatic heterocycles. The summed E-state index contributed by atoms with van der Waals surface area (Å²) >= 11 is 1.16. The molecule has 5 aromatic rings. The van der Waals surface area contributed by atoms with E-state index in [1.54, 1.807) is 61.3 Å². The SMILES string of the molecule is C=CCOC(=O)C1=C(C)N=c2s/c(=C\c3cn(-c4ccccc4)nc3-c3ccc(OC)c([N+](=O)[O-])c3)c(=O)n2[C@@H]1c1ccc(OC)cc1. The van der Waals surface area contributed by atoms with Crippen LogP contribution in [0.5, 0.6) is 11.5 Å². The van der Waals surface area contributed by atoms with Crippen LogP contribution in [0.3, 0.4) is 0 Å². The predicted octanol–water partition coefficient (Wildman–Crippen LogP) is 4.74. The highest BCUT2D eigenvalue weighted by Gasteiger charge is 2.33. The van der Waals surface area contributed by atoms with Crippen LogP contribution in [-0.4, -0.2) is 46.1 Å². The van der Waals surface area contributed by atoms with Crippen LogP contribution < -0.4 is 24.4 Å². The third kappa shape index (κ3) is 5.94. The first-order valence-electron chi connectivity index (χ1n) is 14.7. The summed E-state index contributed by atoms with van der Waals surface area (Å²) in [5.41, 5.74) is 2.84. The van der Waals surface area contributed by atoms with Crippen molar-refractivity contribution in [2.24, 2.45) is 4.99 Å². The minimum atomic E-state index is -0.831. The number of allylic oxidation sites excluding steroid dienone is 1. The van der Waals surface area contributed by atoms with Crippen LogP contribution in [0.4, 0.5) is 5.69 Å². The molecular weight excluding hydrogens is 634 g/mol. The highest BCUT2D eigenvalue weighted by molar-refractivity contribution is 7.07. The number of para-hydroxylation sites is 1. The van der Waals surface area contributed by atoms with E-state index in [9.17, 15) is 19.7 Å². The molecule has 1 aliphatic rings. The fourth-order valence-corrected chi connectivity index (χ4v) is 6.49. The number of hydrogen-bond donors (Lipinski definition) is 0. The van der Waals surface area contributed by atoms with Gasteiger partial charge in [0, 0.05) is 23.4 Å². The summed E-state index contributed by atoms with van der Waals surface area (Å²) in [6.45, 7) is 5.32. The van der Waals surface area contributed by atoms with Gasteiger partial charge in [-0.25, -0.2) is 14.5 Å². The third-order valence-electron chi connectivity index (χ3n) is 7.70. The quantitative estimate of drug-likeness (QED) is 0.0904. The van der Waals surface area contributed by atoms with Crippen molar-refractivity contribution in [3.63, 3.8) is 0 Å². The lowest BCUT2D eigenvalue weighted by atomic mass is 9.96. The van der Waals surface area contributed by atoms with Gasteiger partial charge in [-0.15, -0.1) is 0 Å². The monoisotopic (exact) mass is 663 g/mol. The van der Waals surface area contributed by atoms with E-state index in [4.69, 9.17) is 19.3 Å². The van der Waals surface area contributed by atoms with Gasteiger partial charge >= 0.3 is 11.7 Å². The number of rotatable bonds is 10. The molecule has 0 radical (unpaired) electrons. The molecule has 12 nitrogen and oxygen atoms in total. The minimum absolute atomic E-state index is 0.00688. The number of thiazole rings is 1. The normalized spacial score (nSPS) is 14.2. The molecule has 0 aliphatic carbocycles. The number of nitro benzene ring substituents is 1. The Morgan fingerprint density at radius 2 is 1.83 bits per heavy atom. The van der Waals surface area contributed by atoms with Gasteiger partial charge in [-0.1, -0.05) is 54.3 Å². The molecule has 0 bridgehead atoms. The fraction of sp³-hybridized carbons (Fsp3) is 0.143. The molecule has 0 unspecified atom stereocenters. The summed E-state index contributed by atoms with van der Waals surface area (Å²) in [7, 11) is 2.92. The molecule has 0 N–H and O–H groups in total. The molecule has 0 saturated heterocycles. The molecule has 3 heterocycles. The molecule has 2 aromatic heterocycles.